The van der Waals surface area contributed by atoms with E-state index in [0.717, 1.165) is 16.1 Å². The van der Waals surface area contributed by atoms with Gasteiger partial charge in [-0.25, -0.2) is 5.43 Å². The first-order valence-corrected chi connectivity index (χ1v) is 9.14. The number of carbonyl (C=O) groups is 1. The van der Waals surface area contributed by atoms with Crippen LogP contribution in [-0.2, 0) is 6.61 Å². The first kappa shape index (κ1) is 19.4. The molecule has 3 aromatic carbocycles. The van der Waals surface area contributed by atoms with Crippen molar-refractivity contribution in [3.05, 3.63) is 87.9 Å². The minimum absolute atomic E-state index is 0.00900. The quantitative estimate of drug-likeness (QED) is 0.395. The molecule has 28 heavy (non-hydrogen) atoms. The van der Waals surface area contributed by atoms with Crippen molar-refractivity contribution < 1.29 is 19.7 Å². The molecular formula is C21H17BrN2O4. The van der Waals surface area contributed by atoms with E-state index >= 15 is 0 Å². The summed E-state index contributed by atoms with van der Waals surface area (Å²) >= 11 is 3.40. The maximum Gasteiger partial charge on any atom is 0.275 e. The molecule has 0 radical (unpaired) electrons. The second-order valence-electron chi connectivity index (χ2n) is 5.85. The average Bonchev–Trinajstić information content (AvgIpc) is 2.68. The molecule has 0 unspecified atom stereocenters. The van der Waals surface area contributed by atoms with Gasteiger partial charge in [0, 0.05) is 16.1 Å². The summed E-state index contributed by atoms with van der Waals surface area (Å²) in [6.45, 7) is 0.395. The van der Waals surface area contributed by atoms with Crippen LogP contribution in [0.25, 0.3) is 0 Å². The van der Waals surface area contributed by atoms with Crippen LogP contribution in [0.5, 0.6) is 17.2 Å². The second-order valence-corrected chi connectivity index (χ2v) is 6.77. The van der Waals surface area contributed by atoms with Crippen molar-refractivity contribution in [2.45, 2.75) is 6.61 Å². The number of nitrogens with one attached hydrogen (secondary N) is 1. The summed E-state index contributed by atoms with van der Waals surface area (Å²) in [4.78, 5) is 12.1. The van der Waals surface area contributed by atoms with Gasteiger partial charge in [-0.15, -0.1) is 0 Å². The van der Waals surface area contributed by atoms with E-state index in [1.54, 1.807) is 0 Å². The molecule has 3 rings (SSSR count). The number of rotatable bonds is 6. The first-order valence-electron chi connectivity index (χ1n) is 8.34. The highest BCUT2D eigenvalue weighted by atomic mass is 79.9. The number of amides is 1. The Bertz CT molecular complexity index is 1000. The molecule has 142 valence electrons. The lowest BCUT2D eigenvalue weighted by Crippen LogP contribution is -2.17. The molecule has 7 heteroatoms. The zero-order chi connectivity index (χ0) is 19.9. The lowest BCUT2D eigenvalue weighted by molar-refractivity contribution is 0.0952. The Labute approximate surface area is 170 Å². The van der Waals surface area contributed by atoms with Crippen molar-refractivity contribution in [1.29, 1.82) is 0 Å². The van der Waals surface area contributed by atoms with Gasteiger partial charge >= 0.3 is 0 Å². The van der Waals surface area contributed by atoms with Gasteiger partial charge in [0.05, 0.1) is 11.8 Å². The van der Waals surface area contributed by atoms with E-state index in [4.69, 9.17) is 4.74 Å². The average molecular weight is 441 g/mol. The molecule has 3 N–H and O–H groups in total. The number of hydrogen-bond acceptors (Lipinski definition) is 5. The van der Waals surface area contributed by atoms with Gasteiger partial charge in [0.25, 0.3) is 5.91 Å². The minimum atomic E-state index is -0.595. The van der Waals surface area contributed by atoms with Crippen molar-refractivity contribution in [1.82, 2.24) is 5.43 Å². The van der Waals surface area contributed by atoms with E-state index in [1.807, 2.05) is 48.5 Å². The maximum atomic E-state index is 12.1. The maximum absolute atomic E-state index is 12.1. The Morgan fingerprint density at radius 3 is 2.57 bits per heavy atom. The molecular weight excluding hydrogens is 424 g/mol. The SMILES string of the molecule is O=C(N/N=C/c1ccccc1OCc1ccc(Br)cc1)c1ccc(O)cc1O. The standard InChI is InChI=1S/C21H17BrN2O4/c22-16-7-5-14(6-8-16)13-28-20-4-2-1-3-15(20)12-23-24-21(27)18-10-9-17(25)11-19(18)26/h1-12,25-26H,13H2,(H,24,27)/b23-12+. The lowest BCUT2D eigenvalue weighted by atomic mass is 10.2. The minimum Gasteiger partial charge on any atom is -0.508 e. The molecule has 6 nitrogen and oxygen atoms in total. The van der Waals surface area contributed by atoms with E-state index in [1.165, 1.54) is 18.3 Å². The Morgan fingerprint density at radius 1 is 1.07 bits per heavy atom. The van der Waals surface area contributed by atoms with Crippen molar-refractivity contribution in [2.75, 3.05) is 0 Å². The topological polar surface area (TPSA) is 91.2 Å². The third-order valence-electron chi connectivity index (χ3n) is 3.82. The van der Waals surface area contributed by atoms with Gasteiger partial charge in [-0.05, 0) is 42.0 Å². The summed E-state index contributed by atoms with van der Waals surface area (Å²) in [5.41, 5.74) is 4.06. The molecule has 0 aliphatic heterocycles. The molecule has 0 spiro atoms. The zero-order valence-electron chi connectivity index (χ0n) is 14.7. The highest BCUT2D eigenvalue weighted by Crippen LogP contribution is 2.22. The number of aromatic hydroxyl groups is 2. The number of nitrogens with zero attached hydrogens (tertiary/aromatic N) is 1. The van der Waals surface area contributed by atoms with E-state index in [-0.39, 0.29) is 17.1 Å². The summed E-state index contributed by atoms with van der Waals surface area (Å²) in [6, 6.07) is 18.8. The predicted octanol–water partition coefficient (Wildman–Crippen LogP) is 4.20. The van der Waals surface area contributed by atoms with E-state index in [2.05, 4.69) is 26.5 Å². The molecule has 1 amide bonds. The molecule has 0 aromatic heterocycles. The number of halogens is 1. The molecule has 0 atom stereocenters. The Kier molecular flexibility index (Phi) is 6.29. The molecule has 0 fully saturated rings. The molecule has 0 bridgehead atoms. The fourth-order valence-corrected chi connectivity index (χ4v) is 2.66. The summed E-state index contributed by atoms with van der Waals surface area (Å²) in [5.74, 6) is -0.432. The highest BCUT2D eigenvalue weighted by molar-refractivity contribution is 9.10. The number of carbonyl (C=O) groups excluding carboxylic acids is 1. The predicted molar refractivity (Wildman–Crippen MR) is 110 cm³/mol. The van der Waals surface area contributed by atoms with E-state index < -0.39 is 5.91 Å². The fourth-order valence-electron chi connectivity index (χ4n) is 2.39. The van der Waals surface area contributed by atoms with Gasteiger partial charge in [0.2, 0.25) is 0 Å². The van der Waals surface area contributed by atoms with E-state index in [0.29, 0.717) is 17.9 Å². The van der Waals surface area contributed by atoms with Crippen LogP contribution in [0, 0.1) is 0 Å². The highest BCUT2D eigenvalue weighted by Gasteiger charge is 2.10. The van der Waals surface area contributed by atoms with Crippen LogP contribution < -0.4 is 10.2 Å². The largest absolute Gasteiger partial charge is 0.508 e. The molecule has 3 aromatic rings. The number of phenolic OH excluding ortho intramolecular Hbond substituents is 2. The van der Waals surface area contributed by atoms with Crippen molar-refractivity contribution in [3.63, 3.8) is 0 Å². The monoisotopic (exact) mass is 440 g/mol. The summed E-state index contributed by atoms with van der Waals surface area (Å²) in [5, 5.41) is 22.9. The smallest absolute Gasteiger partial charge is 0.275 e. The van der Waals surface area contributed by atoms with Crippen molar-refractivity contribution in [3.8, 4) is 17.2 Å². The third-order valence-corrected chi connectivity index (χ3v) is 4.35. The normalized spacial score (nSPS) is 10.8. The number of benzene rings is 3. The van der Waals surface area contributed by atoms with Crippen LogP contribution in [0.3, 0.4) is 0 Å². The van der Waals surface area contributed by atoms with Gasteiger partial charge in [-0.2, -0.15) is 5.10 Å². The first-order chi connectivity index (χ1) is 13.5. The van der Waals surface area contributed by atoms with Crippen LogP contribution in [-0.4, -0.2) is 22.3 Å². The fraction of sp³-hybridized carbons (Fsp3) is 0.0476. The number of hydrogen-bond donors (Lipinski definition) is 3. The zero-order valence-corrected chi connectivity index (χ0v) is 16.3. The van der Waals surface area contributed by atoms with Gasteiger partial charge in [-0.3, -0.25) is 4.79 Å². The Hall–Kier alpha value is -3.32. The molecule has 0 saturated heterocycles. The molecule has 0 aliphatic carbocycles. The second kappa shape index (κ2) is 9.05. The van der Waals surface area contributed by atoms with Crippen LogP contribution in [0.4, 0.5) is 0 Å². The lowest BCUT2D eigenvalue weighted by Gasteiger charge is -2.09. The van der Waals surface area contributed by atoms with Gasteiger partial charge in [0.15, 0.2) is 0 Å². The van der Waals surface area contributed by atoms with Crippen molar-refractivity contribution >= 4 is 28.1 Å². The molecule has 0 heterocycles. The number of phenols is 2. The van der Waals surface area contributed by atoms with Crippen LogP contribution in [0.15, 0.2) is 76.3 Å². The molecule has 0 saturated carbocycles. The van der Waals surface area contributed by atoms with Crippen LogP contribution in [0.2, 0.25) is 0 Å². The number of hydrazone groups is 1. The summed E-state index contributed by atoms with van der Waals surface area (Å²) in [6.07, 6.45) is 1.46. The van der Waals surface area contributed by atoms with Gasteiger partial charge in [0.1, 0.15) is 23.9 Å². The van der Waals surface area contributed by atoms with E-state index in [9.17, 15) is 15.0 Å². The number of ether oxygens (including phenoxy) is 1. The third kappa shape index (κ3) is 5.11. The van der Waals surface area contributed by atoms with Gasteiger partial charge < -0.3 is 14.9 Å². The molecule has 0 aliphatic rings. The number of para-hydroxylation sites is 1. The summed E-state index contributed by atoms with van der Waals surface area (Å²) < 4.78 is 6.85. The Balaban J connectivity index is 1.65. The Morgan fingerprint density at radius 2 is 1.82 bits per heavy atom. The van der Waals surface area contributed by atoms with Gasteiger partial charge in [-0.1, -0.05) is 40.2 Å². The van der Waals surface area contributed by atoms with Crippen LogP contribution >= 0.6 is 15.9 Å². The van der Waals surface area contributed by atoms with Crippen molar-refractivity contribution in [2.24, 2.45) is 5.10 Å². The van der Waals surface area contributed by atoms with Crippen LogP contribution in [0.1, 0.15) is 21.5 Å². The summed E-state index contributed by atoms with van der Waals surface area (Å²) in [7, 11) is 0.